The summed E-state index contributed by atoms with van der Waals surface area (Å²) in [5, 5.41) is 0. The minimum absolute atomic E-state index is 0.0854. The lowest BCUT2D eigenvalue weighted by molar-refractivity contribution is -0.136. The third-order valence-corrected chi connectivity index (χ3v) is 3.09. The van der Waals surface area contributed by atoms with Crippen molar-refractivity contribution in [1.82, 2.24) is 4.90 Å². The van der Waals surface area contributed by atoms with Gasteiger partial charge in [-0.05, 0) is 25.5 Å². The number of nitrogen functional groups attached to an aromatic ring is 1. The summed E-state index contributed by atoms with van der Waals surface area (Å²) < 4.78 is 38.3. The van der Waals surface area contributed by atoms with Crippen molar-refractivity contribution in [3.63, 3.8) is 0 Å². The molecule has 6 heteroatoms. The number of nitrogens with zero attached hydrogens (tertiary/aromatic N) is 1. The van der Waals surface area contributed by atoms with Crippen LogP contribution in [0.4, 0.5) is 18.9 Å². The summed E-state index contributed by atoms with van der Waals surface area (Å²) >= 11 is 0. The van der Waals surface area contributed by atoms with Gasteiger partial charge in [0.05, 0.1) is 16.8 Å². The van der Waals surface area contributed by atoms with Gasteiger partial charge in [-0.1, -0.05) is 19.4 Å². The SMILES string of the molecule is CCCCN(CC)C(=O)c1cccc(C(F)(F)F)c1N. The average Bonchev–Trinajstić information content (AvgIpc) is 2.38. The van der Waals surface area contributed by atoms with E-state index in [9.17, 15) is 18.0 Å². The van der Waals surface area contributed by atoms with Gasteiger partial charge < -0.3 is 10.6 Å². The van der Waals surface area contributed by atoms with E-state index < -0.39 is 23.3 Å². The highest BCUT2D eigenvalue weighted by molar-refractivity contribution is 5.99. The van der Waals surface area contributed by atoms with Crippen molar-refractivity contribution in [3.05, 3.63) is 29.3 Å². The van der Waals surface area contributed by atoms with E-state index in [1.54, 1.807) is 6.92 Å². The van der Waals surface area contributed by atoms with Crippen molar-refractivity contribution < 1.29 is 18.0 Å². The second-order valence-corrected chi connectivity index (χ2v) is 4.50. The van der Waals surface area contributed by atoms with Crippen molar-refractivity contribution in [2.75, 3.05) is 18.8 Å². The van der Waals surface area contributed by atoms with Crippen LogP contribution in [0.15, 0.2) is 18.2 Å². The summed E-state index contributed by atoms with van der Waals surface area (Å²) in [7, 11) is 0. The number of benzene rings is 1. The van der Waals surface area contributed by atoms with Crippen LogP contribution in [0.3, 0.4) is 0 Å². The molecule has 3 nitrogen and oxygen atoms in total. The molecule has 0 radical (unpaired) electrons. The molecule has 0 saturated carbocycles. The Hall–Kier alpha value is -1.72. The van der Waals surface area contributed by atoms with Gasteiger partial charge in [0.2, 0.25) is 0 Å². The van der Waals surface area contributed by atoms with Crippen LogP contribution in [0.5, 0.6) is 0 Å². The minimum Gasteiger partial charge on any atom is -0.398 e. The fraction of sp³-hybridized carbons (Fsp3) is 0.500. The van der Waals surface area contributed by atoms with Crippen molar-refractivity contribution in [1.29, 1.82) is 0 Å². The summed E-state index contributed by atoms with van der Waals surface area (Å²) in [4.78, 5) is 13.8. The Kier molecular flexibility index (Phi) is 5.42. The van der Waals surface area contributed by atoms with Crippen molar-refractivity contribution >= 4 is 11.6 Å². The molecule has 0 aliphatic heterocycles. The number of hydrogen-bond donors (Lipinski definition) is 1. The van der Waals surface area contributed by atoms with E-state index in [0.29, 0.717) is 13.1 Å². The van der Waals surface area contributed by atoms with E-state index in [4.69, 9.17) is 5.73 Å². The zero-order valence-electron chi connectivity index (χ0n) is 11.6. The number of carbonyl (C=O) groups is 1. The van der Waals surface area contributed by atoms with Gasteiger partial charge in [-0.15, -0.1) is 0 Å². The molecule has 1 rings (SSSR count). The van der Waals surface area contributed by atoms with Crippen LogP contribution in [0, 0.1) is 0 Å². The molecule has 1 amide bonds. The van der Waals surface area contributed by atoms with Crippen LogP contribution in [-0.2, 0) is 6.18 Å². The smallest absolute Gasteiger partial charge is 0.398 e. The lowest BCUT2D eigenvalue weighted by Crippen LogP contribution is -2.32. The average molecular weight is 288 g/mol. The third-order valence-electron chi connectivity index (χ3n) is 3.09. The minimum atomic E-state index is -4.55. The molecule has 0 aromatic heterocycles. The molecule has 2 N–H and O–H groups in total. The van der Waals surface area contributed by atoms with Crippen LogP contribution in [0.2, 0.25) is 0 Å². The first kappa shape index (κ1) is 16.3. The summed E-state index contributed by atoms with van der Waals surface area (Å²) in [6, 6.07) is 3.43. The van der Waals surface area contributed by atoms with Crippen LogP contribution in [0.1, 0.15) is 42.6 Å². The topological polar surface area (TPSA) is 46.3 Å². The highest BCUT2D eigenvalue weighted by atomic mass is 19.4. The lowest BCUT2D eigenvalue weighted by atomic mass is 10.1. The number of alkyl halides is 3. The standard InChI is InChI=1S/C14H19F3N2O/c1-3-5-9-19(4-2)13(20)10-7-6-8-11(12(10)18)14(15,16)17/h6-8H,3-5,9,18H2,1-2H3. The summed E-state index contributed by atoms with van der Waals surface area (Å²) in [6.45, 7) is 4.73. The van der Waals surface area contributed by atoms with Crippen LogP contribution in [0.25, 0.3) is 0 Å². The predicted octanol–water partition coefficient (Wildman–Crippen LogP) is 3.55. The molecule has 0 atom stereocenters. The Labute approximate surface area is 116 Å². The zero-order chi connectivity index (χ0) is 15.3. The molecule has 0 aliphatic rings. The van der Waals surface area contributed by atoms with E-state index in [1.165, 1.54) is 17.0 Å². The highest BCUT2D eigenvalue weighted by Crippen LogP contribution is 2.35. The van der Waals surface area contributed by atoms with Crippen LogP contribution in [-0.4, -0.2) is 23.9 Å². The molecular weight excluding hydrogens is 269 g/mol. The van der Waals surface area contributed by atoms with E-state index >= 15 is 0 Å². The third kappa shape index (κ3) is 3.65. The number of halogens is 3. The highest BCUT2D eigenvalue weighted by Gasteiger charge is 2.34. The second-order valence-electron chi connectivity index (χ2n) is 4.50. The first-order valence-corrected chi connectivity index (χ1v) is 6.57. The largest absolute Gasteiger partial charge is 0.418 e. The van der Waals surface area contributed by atoms with Crippen LogP contribution >= 0.6 is 0 Å². The molecule has 1 aromatic rings. The molecule has 20 heavy (non-hydrogen) atoms. The normalized spacial score (nSPS) is 11.4. The monoisotopic (exact) mass is 288 g/mol. The van der Waals surface area contributed by atoms with Crippen molar-refractivity contribution in [2.45, 2.75) is 32.9 Å². The van der Waals surface area contributed by atoms with E-state index in [2.05, 4.69) is 0 Å². The second kappa shape index (κ2) is 6.63. The molecular formula is C14H19F3N2O. The Balaban J connectivity index is 3.10. The summed E-state index contributed by atoms with van der Waals surface area (Å²) in [5.41, 5.74) is 3.98. The lowest BCUT2D eigenvalue weighted by Gasteiger charge is -2.22. The van der Waals surface area contributed by atoms with Gasteiger partial charge in [0.15, 0.2) is 0 Å². The number of amides is 1. The van der Waals surface area contributed by atoms with E-state index in [-0.39, 0.29) is 5.56 Å². The number of unbranched alkanes of at least 4 members (excludes halogenated alkanes) is 1. The molecule has 0 bridgehead atoms. The summed E-state index contributed by atoms with van der Waals surface area (Å²) in [5.74, 6) is -0.454. The number of para-hydroxylation sites is 1. The number of nitrogens with two attached hydrogens (primary N) is 1. The maximum Gasteiger partial charge on any atom is 0.418 e. The molecule has 0 heterocycles. The summed E-state index contributed by atoms with van der Waals surface area (Å²) in [6.07, 6.45) is -2.85. The Morgan fingerprint density at radius 3 is 2.45 bits per heavy atom. The van der Waals surface area contributed by atoms with E-state index in [0.717, 1.165) is 18.9 Å². The van der Waals surface area contributed by atoms with Gasteiger partial charge in [-0.25, -0.2) is 0 Å². The number of carbonyl (C=O) groups excluding carboxylic acids is 1. The molecule has 0 fully saturated rings. The zero-order valence-corrected chi connectivity index (χ0v) is 11.6. The fourth-order valence-corrected chi connectivity index (χ4v) is 1.92. The number of anilines is 1. The van der Waals surface area contributed by atoms with Gasteiger partial charge in [0.1, 0.15) is 0 Å². The van der Waals surface area contributed by atoms with Gasteiger partial charge in [0, 0.05) is 13.1 Å². The van der Waals surface area contributed by atoms with Gasteiger partial charge in [-0.2, -0.15) is 13.2 Å². The fourth-order valence-electron chi connectivity index (χ4n) is 1.92. The van der Waals surface area contributed by atoms with E-state index in [1.807, 2.05) is 6.92 Å². The van der Waals surface area contributed by atoms with Gasteiger partial charge >= 0.3 is 6.18 Å². The van der Waals surface area contributed by atoms with Gasteiger partial charge in [0.25, 0.3) is 5.91 Å². The molecule has 1 aromatic carbocycles. The molecule has 0 unspecified atom stereocenters. The Morgan fingerprint density at radius 1 is 1.30 bits per heavy atom. The predicted molar refractivity (Wildman–Crippen MR) is 72.3 cm³/mol. The maximum absolute atomic E-state index is 12.8. The molecule has 0 saturated heterocycles. The Morgan fingerprint density at radius 2 is 1.95 bits per heavy atom. The maximum atomic E-state index is 12.8. The van der Waals surface area contributed by atoms with Crippen molar-refractivity contribution in [3.8, 4) is 0 Å². The molecule has 0 aliphatic carbocycles. The first-order valence-electron chi connectivity index (χ1n) is 6.57. The first-order chi connectivity index (χ1) is 9.32. The number of hydrogen-bond acceptors (Lipinski definition) is 2. The molecule has 112 valence electrons. The number of rotatable bonds is 5. The van der Waals surface area contributed by atoms with Gasteiger partial charge in [-0.3, -0.25) is 4.79 Å². The van der Waals surface area contributed by atoms with Crippen LogP contribution < -0.4 is 5.73 Å². The quantitative estimate of drug-likeness (QED) is 0.842. The molecule has 0 spiro atoms. The van der Waals surface area contributed by atoms with Crippen molar-refractivity contribution in [2.24, 2.45) is 0 Å². The Bertz CT molecular complexity index is 472.